The minimum absolute atomic E-state index is 0.115. The summed E-state index contributed by atoms with van der Waals surface area (Å²) in [5.41, 5.74) is 2.26. The predicted molar refractivity (Wildman–Crippen MR) is 82.0 cm³/mol. The van der Waals surface area contributed by atoms with Gasteiger partial charge in [0.25, 0.3) is 5.91 Å². The molecule has 2 rings (SSSR count). The summed E-state index contributed by atoms with van der Waals surface area (Å²) in [4.78, 5) is 12.2. The molecule has 20 heavy (non-hydrogen) atoms. The fourth-order valence-corrected chi connectivity index (χ4v) is 2.13. The summed E-state index contributed by atoms with van der Waals surface area (Å²) in [6.07, 6.45) is 0. The second-order valence-electron chi connectivity index (χ2n) is 5.72. The van der Waals surface area contributed by atoms with E-state index in [0.29, 0.717) is 11.4 Å². The lowest BCUT2D eigenvalue weighted by molar-refractivity contribution is 0.102. The SMILES string of the molecule is Cc1cccc(C(=O)Nc2cc(C(C)(C)C)no2)c1Br. The lowest BCUT2D eigenvalue weighted by Gasteiger charge is -2.12. The Kier molecular flexibility index (Phi) is 3.99. The number of aromatic nitrogens is 1. The number of benzene rings is 1. The second-order valence-corrected chi connectivity index (χ2v) is 6.51. The van der Waals surface area contributed by atoms with Crippen molar-refractivity contribution in [3.05, 3.63) is 45.6 Å². The van der Waals surface area contributed by atoms with E-state index in [9.17, 15) is 4.79 Å². The molecule has 0 aliphatic rings. The molecule has 0 aliphatic heterocycles. The number of amides is 1. The Morgan fingerprint density at radius 2 is 2.05 bits per heavy atom. The van der Waals surface area contributed by atoms with Crippen LogP contribution in [-0.2, 0) is 5.41 Å². The standard InChI is InChI=1S/C15H17BrN2O2/c1-9-6-5-7-10(13(9)16)14(19)17-12-8-11(18-20-12)15(2,3)4/h5-8H,1-4H3,(H,17,19). The number of anilines is 1. The molecule has 1 aromatic heterocycles. The Labute approximate surface area is 126 Å². The molecule has 2 aromatic rings. The molecule has 1 aromatic carbocycles. The van der Waals surface area contributed by atoms with Crippen LogP contribution < -0.4 is 5.32 Å². The molecule has 1 heterocycles. The minimum Gasteiger partial charge on any atom is -0.338 e. The van der Waals surface area contributed by atoms with Gasteiger partial charge in [0.2, 0.25) is 5.88 Å². The topological polar surface area (TPSA) is 55.1 Å². The first-order valence-corrected chi connectivity index (χ1v) is 7.12. The normalized spacial score (nSPS) is 11.4. The fraction of sp³-hybridized carbons (Fsp3) is 0.333. The molecule has 1 amide bonds. The van der Waals surface area contributed by atoms with E-state index in [1.807, 2.05) is 39.8 Å². The van der Waals surface area contributed by atoms with Gasteiger partial charge in [-0.25, -0.2) is 0 Å². The van der Waals surface area contributed by atoms with Crippen LogP contribution in [0.2, 0.25) is 0 Å². The Hall–Kier alpha value is -1.62. The molecule has 0 bridgehead atoms. The summed E-state index contributed by atoms with van der Waals surface area (Å²) in [6, 6.07) is 7.29. The zero-order valence-electron chi connectivity index (χ0n) is 12.0. The molecule has 0 radical (unpaired) electrons. The van der Waals surface area contributed by atoms with E-state index in [4.69, 9.17) is 4.52 Å². The van der Waals surface area contributed by atoms with Crippen molar-refractivity contribution in [1.82, 2.24) is 5.16 Å². The number of carbonyl (C=O) groups is 1. The molecule has 0 unspecified atom stereocenters. The maximum atomic E-state index is 12.2. The molecule has 0 saturated heterocycles. The Bertz CT molecular complexity index is 642. The maximum absolute atomic E-state index is 12.2. The lowest BCUT2D eigenvalue weighted by Crippen LogP contribution is -2.13. The molecule has 1 N–H and O–H groups in total. The predicted octanol–water partition coefficient (Wildman–Crippen LogP) is 4.30. The van der Waals surface area contributed by atoms with Crippen LogP contribution in [0.25, 0.3) is 0 Å². The minimum atomic E-state index is -0.225. The summed E-state index contributed by atoms with van der Waals surface area (Å²) in [6.45, 7) is 8.04. The summed E-state index contributed by atoms with van der Waals surface area (Å²) >= 11 is 3.42. The summed E-state index contributed by atoms with van der Waals surface area (Å²) in [5.74, 6) is 0.130. The van der Waals surface area contributed by atoms with E-state index in [0.717, 1.165) is 15.7 Å². The molecule has 0 aliphatic carbocycles. The first kappa shape index (κ1) is 14.8. The first-order chi connectivity index (χ1) is 9.29. The average Bonchev–Trinajstić information content (AvgIpc) is 2.81. The molecular formula is C15H17BrN2O2. The van der Waals surface area contributed by atoms with Gasteiger partial charge in [0.05, 0.1) is 11.3 Å². The third-order valence-corrected chi connectivity index (χ3v) is 4.00. The molecule has 0 spiro atoms. The van der Waals surface area contributed by atoms with Crippen LogP contribution in [0.4, 0.5) is 5.88 Å². The number of carbonyl (C=O) groups excluding carboxylic acids is 1. The average molecular weight is 337 g/mol. The van der Waals surface area contributed by atoms with E-state index in [1.54, 1.807) is 12.1 Å². The van der Waals surface area contributed by atoms with Crippen molar-refractivity contribution in [2.24, 2.45) is 0 Å². The van der Waals surface area contributed by atoms with Gasteiger partial charge in [0.1, 0.15) is 0 Å². The molecule has 0 saturated carbocycles. The van der Waals surface area contributed by atoms with Gasteiger partial charge in [0.15, 0.2) is 0 Å². The molecule has 106 valence electrons. The third-order valence-electron chi connectivity index (χ3n) is 2.95. The van der Waals surface area contributed by atoms with E-state index in [1.165, 1.54) is 0 Å². The van der Waals surface area contributed by atoms with Crippen LogP contribution >= 0.6 is 15.9 Å². The highest BCUT2D eigenvalue weighted by atomic mass is 79.9. The number of hydrogen-bond donors (Lipinski definition) is 1. The van der Waals surface area contributed by atoms with Crippen molar-refractivity contribution in [1.29, 1.82) is 0 Å². The quantitative estimate of drug-likeness (QED) is 0.889. The van der Waals surface area contributed by atoms with Crippen LogP contribution in [0.15, 0.2) is 33.3 Å². The highest BCUT2D eigenvalue weighted by molar-refractivity contribution is 9.10. The number of hydrogen-bond acceptors (Lipinski definition) is 3. The van der Waals surface area contributed by atoms with Gasteiger partial charge in [0, 0.05) is 16.0 Å². The highest BCUT2D eigenvalue weighted by Gasteiger charge is 2.20. The fourth-order valence-electron chi connectivity index (χ4n) is 1.69. The first-order valence-electron chi connectivity index (χ1n) is 6.32. The highest BCUT2D eigenvalue weighted by Crippen LogP contribution is 2.25. The van der Waals surface area contributed by atoms with Crippen molar-refractivity contribution in [3.8, 4) is 0 Å². The smallest absolute Gasteiger partial charge is 0.259 e. The van der Waals surface area contributed by atoms with E-state index in [2.05, 4.69) is 26.4 Å². The number of aryl methyl sites for hydroxylation is 1. The van der Waals surface area contributed by atoms with Gasteiger partial charge in [-0.1, -0.05) is 38.1 Å². The van der Waals surface area contributed by atoms with Crippen LogP contribution in [0.3, 0.4) is 0 Å². The number of halogens is 1. The van der Waals surface area contributed by atoms with Crippen molar-refractivity contribution in [2.45, 2.75) is 33.1 Å². The van der Waals surface area contributed by atoms with Gasteiger partial charge < -0.3 is 4.52 Å². The van der Waals surface area contributed by atoms with Gasteiger partial charge in [-0.3, -0.25) is 10.1 Å². The van der Waals surface area contributed by atoms with Crippen LogP contribution in [0.1, 0.15) is 42.4 Å². The zero-order valence-corrected chi connectivity index (χ0v) is 13.5. The largest absolute Gasteiger partial charge is 0.338 e. The molecule has 0 fully saturated rings. The van der Waals surface area contributed by atoms with Crippen molar-refractivity contribution >= 4 is 27.7 Å². The van der Waals surface area contributed by atoms with Gasteiger partial charge in [-0.2, -0.15) is 0 Å². The molecule has 4 nitrogen and oxygen atoms in total. The monoisotopic (exact) mass is 336 g/mol. The maximum Gasteiger partial charge on any atom is 0.259 e. The van der Waals surface area contributed by atoms with E-state index < -0.39 is 0 Å². The molecular weight excluding hydrogens is 320 g/mol. The summed E-state index contributed by atoms with van der Waals surface area (Å²) in [7, 11) is 0. The van der Waals surface area contributed by atoms with Gasteiger partial charge >= 0.3 is 0 Å². The van der Waals surface area contributed by atoms with Gasteiger partial charge in [-0.15, -0.1) is 0 Å². The Morgan fingerprint density at radius 1 is 1.35 bits per heavy atom. The Morgan fingerprint density at radius 3 is 2.65 bits per heavy atom. The van der Waals surface area contributed by atoms with Crippen molar-refractivity contribution < 1.29 is 9.32 Å². The number of nitrogens with zero attached hydrogens (tertiary/aromatic N) is 1. The second kappa shape index (κ2) is 5.40. The summed E-state index contributed by atoms with van der Waals surface area (Å²) < 4.78 is 5.94. The lowest BCUT2D eigenvalue weighted by atomic mass is 9.92. The van der Waals surface area contributed by atoms with Crippen molar-refractivity contribution in [3.63, 3.8) is 0 Å². The zero-order chi connectivity index (χ0) is 14.9. The van der Waals surface area contributed by atoms with E-state index >= 15 is 0 Å². The van der Waals surface area contributed by atoms with Gasteiger partial charge in [-0.05, 0) is 34.5 Å². The van der Waals surface area contributed by atoms with Crippen molar-refractivity contribution in [2.75, 3.05) is 5.32 Å². The van der Waals surface area contributed by atoms with E-state index in [-0.39, 0.29) is 11.3 Å². The van der Waals surface area contributed by atoms with Crippen LogP contribution in [0, 0.1) is 6.92 Å². The summed E-state index contributed by atoms with van der Waals surface area (Å²) in [5, 5.41) is 6.69. The third kappa shape index (κ3) is 3.10. The van der Waals surface area contributed by atoms with Crippen LogP contribution in [0.5, 0.6) is 0 Å². The molecule has 5 heteroatoms. The number of nitrogens with one attached hydrogen (secondary N) is 1. The Balaban J connectivity index is 2.20. The molecule has 0 atom stereocenters. The number of rotatable bonds is 2. The van der Waals surface area contributed by atoms with Crippen LogP contribution in [-0.4, -0.2) is 11.1 Å².